The average Bonchev–Trinajstić information content (AvgIpc) is 2.59. The third-order valence-electron chi connectivity index (χ3n) is 3.84. The Labute approximate surface area is 149 Å². The van der Waals surface area contributed by atoms with Gasteiger partial charge < -0.3 is 0 Å². The summed E-state index contributed by atoms with van der Waals surface area (Å²) in [7, 11) is -4.53. The first-order chi connectivity index (χ1) is 12.1. The monoisotopic (exact) mass is 383 g/mol. The smallest absolute Gasteiger partial charge is 0.262 e. The number of pyridine rings is 1. The van der Waals surface area contributed by atoms with Crippen LogP contribution in [-0.2, 0) is 10.0 Å². The summed E-state index contributed by atoms with van der Waals surface area (Å²) in [6.45, 7) is 2.42. The molecule has 0 N–H and O–H groups in total. The molecule has 0 fully saturated rings. The number of nitriles is 1. The molecule has 0 aliphatic rings. The number of rotatable bonds is 5. The molecule has 0 amide bonds. The Kier molecular flexibility index (Phi) is 5.68. The van der Waals surface area contributed by atoms with E-state index in [-0.39, 0.29) is 11.1 Å². The molecule has 26 heavy (non-hydrogen) atoms. The maximum absolute atomic E-state index is 13.8. The number of hydrogen-bond acceptors (Lipinski definition) is 4. The molecule has 9 heteroatoms. The number of alkyl halides is 3. The minimum Gasteiger partial charge on any atom is -0.262 e. The number of aryl methyl sites for hydroxylation is 1. The second kappa shape index (κ2) is 7.43. The van der Waals surface area contributed by atoms with Gasteiger partial charge in [-0.2, -0.15) is 22.7 Å². The van der Waals surface area contributed by atoms with Crippen molar-refractivity contribution >= 4 is 10.0 Å². The van der Waals surface area contributed by atoms with Crippen LogP contribution < -0.4 is 0 Å². The van der Waals surface area contributed by atoms with Crippen LogP contribution in [0.2, 0.25) is 0 Å². The molecule has 0 spiro atoms. The first-order valence-electron chi connectivity index (χ1n) is 7.62. The van der Waals surface area contributed by atoms with Crippen molar-refractivity contribution in [1.82, 2.24) is 9.29 Å². The summed E-state index contributed by atoms with van der Waals surface area (Å²) in [5, 5.41) is 8.90. The first-order valence-corrected chi connectivity index (χ1v) is 9.06. The zero-order valence-electron chi connectivity index (χ0n) is 14.0. The van der Waals surface area contributed by atoms with Crippen molar-refractivity contribution in [2.24, 2.45) is 0 Å². The Hall–Kier alpha value is -2.44. The summed E-state index contributed by atoms with van der Waals surface area (Å²) in [5.41, 5.74) is 0.128. The average molecular weight is 383 g/mol. The van der Waals surface area contributed by atoms with E-state index in [2.05, 4.69) is 4.98 Å². The molecule has 1 heterocycles. The van der Waals surface area contributed by atoms with Crippen LogP contribution in [0.1, 0.15) is 29.7 Å². The van der Waals surface area contributed by atoms with Crippen molar-refractivity contribution in [2.45, 2.75) is 31.0 Å². The fraction of sp³-hybridized carbons (Fsp3) is 0.294. The van der Waals surface area contributed by atoms with E-state index in [0.29, 0.717) is 9.87 Å². The number of nitrogens with zero attached hydrogens (tertiary/aromatic N) is 3. The third-order valence-corrected chi connectivity index (χ3v) is 5.75. The summed E-state index contributed by atoms with van der Waals surface area (Å²) in [4.78, 5) is 3.18. The number of halogens is 3. The van der Waals surface area contributed by atoms with E-state index in [9.17, 15) is 21.6 Å². The second-order valence-electron chi connectivity index (χ2n) is 5.53. The van der Waals surface area contributed by atoms with Gasteiger partial charge in [0.1, 0.15) is 17.0 Å². The van der Waals surface area contributed by atoms with Crippen LogP contribution in [0.3, 0.4) is 0 Å². The number of aromatic nitrogens is 1. The SMILES string of the molecule is CCN(C(c1ccccc1C)C(F)(F)F)S(=O)(=O)c1cncc(C#N)c1. The van der Waals surface area contributed by atoms with E-state index in [1.54, 1.807) is 12.1 Å². The highest BCUT2D eigenvalue weighted by atomic mass is 32.2. The zero-order valence-corrected chi connectivity index (χ0v) is 14.8. The highest BCUT2D eigenvalue weighted by Crippen LogP contribution is 2.41. The maximum atomic E-state index is 13.8. The summed E-state index contributed by atoms with van der Waals surface area (Å²) < 4.78 is 67.7. The first kappa shape index (κ1) is 19.9. The minimum atomic E-state index is -4.82. The largest absolute Gasteiger partial charge is 0.409 e. The molecule has 0 saturated heterocycles. The zero-order chi connectivity index (χ0) is 19.5. The molecule has 1 aromatic heterocycles. The fourth-order valence-corrected chi connectivity index (χ4v) is 4.23. The normalized spacial score (nSPS) is 13.4. The molecule has 138 valence electrons. The van der Waals surface area contributed by atoms with Gasteiger partial charge >= 0.3 is 6.18 Å². The standard InChI is InChI=1S/C17H16F3N3O2S/c1-3-23(26(24,25)14-8-13(9-21)10-22-11-14)16(17(18,19)20)15-7-5-4-6-12(15)2/h4-8,10-11,16H,3H2,1-2H3. The molecular weight excluding hydrogens is 367 g/mol. The Morgan fingerprint density at radius 2 is 1.92 bits per heavy atom. The molecule has 5 nitrogen and oxygen atoms in total. The highest BCUT2D eigenvalue weighted by Gasteiger charge is 2.49. The fourth-order valence-electron chi connectivity index (χ4n) is 2.64. The van der Waals surface area contributed by atoms with E-state index in [4.69, 9.17) is 5.26 Å². The molecule has 1 atom stereocenters. The van der Waals surface area contributed by atoms with Crippen LogP contribution in [-0.4, -0.2) is 30.4 Å². The van der Waals surface area contributed by atoms with Crippen molar-refractivity contribution in [3.63, 3.8) is 0 Å². The molecule has 2 rings (SSSR count). The van der Waals surface area contributed by atoms with Crippen molar-refractivity contribution in [1.29, 1.82) is 5.26 Å². The van der Waals surface area contributed by atoms with Gasteiger partial charge in [0.05, 0.1) is 5.56 Å². The summed E-state index contributed by atoms with van der Waals surface area (Å²) >= 11 is 0. The van der Waals surface area contributed by atoms with E-state index in [1.165, 1.54) is 32.0 Å². The predicted molar refractivity (Wildman–Crippen MR) is 88.5 cm³/mol. The number of hydrogen-bond donors (Lipinski definition) is 0. The minimum absolute atomic E-state index is 0.0541. The van der Waals surface area contributed by atoms with Crippen molar-refractivity contribution in [3.05, 3.63) is 59.4 Å². The van der Waals surface area contributed by atoms with Crippen LogP contribution in [0.15, 0.2) is 47.6 Å². The summed E-state index contributed by atoms with van der Waals surface area (Å²) in [6.07, 6.45) is -2.75. The Balaban J connectivity index is 2.65. The number of sulfonamides is 1. The van der Waals surface area contributed by atoms with Gasteiger partial charge in [-0.15, -0.1) is 0 Å². The van der Waals surface area contributed by atoms with Gasteiger partial charge in [0.15, 0.2) is 0 Å². The Bertz CT molecular complexity index is 937. The third kappa shape index (κ3) is 3.86. The summed E-state index contributed by atoms with van der Waals surface area (Å²) in [5.74, 6) is 0. The molecule has 2 aromatic rings. The van der Waals surface area contributed by atoms with Gasteiger partial charge in [-0.05, 0) is 24.1 Å². The van der Waals surface area contributed by atoms with Crippen LogP contribution in [0, 0.1) is 18.3 Å². The van der Waals surface area contributed by atoms with Crippen LogP contribution in [0.5, 0.6) is 0 Å². The van der Waals surface area contributed by atoms with Crippen LogP contribution in [0.25, 0.3) is 0 Å². The molecular formula is C17H16F3N3O2S. The molecule has 0 bridgehead atoms. The van der Waals surface area contributed by atoms with E-state index >= 15 is 0 Å². The molecule has 0 radical (unpaired) electrons. The van der Waals surface area contributed by atoms with E-state index in [0.717, 1.165) is 18.5 Å². The molecule has 0 saturated carbocycles. The van der Waals surface area contributed by atoms with Gasteiger partial charge in [-0.1, -0.05) is 31.2 Å². The predicted octanol–water partition coefficient (Wildman–Crippen LogP) is 3.58. The van der Waals surface area contributed by atoms with Crippen LogP contribution >= 0.6 is 0 Å². The van der Waals surface area contributed by atoms with Gasteiger partial charge in [-0.25, -0.2) is 8.42 Å². The Morgan fingerprint density at radius 3 is 2.46 bits per heavy atom. The Morgan fingerprint density at radius 1 is 1.27 bits per heavy atom. The maximum Gasteiger partial charge on any atom is 0.409 e. The highest BCUT2D eigenvalue weighted by molar-refractivity contribution is 7.89. The van der Waals surface area contributed by atoms with Gasteiger partial charge in [0.25, 0.3) is 0 Å². The van der Waals surface area contributed by atoms with Crippen molar-refractivity contribution in [2.75, 3.05) is 6.54 Å². The van der Waals surface area contributed by atoms with Crippen molar-refractivity contribution < 1.29 is 21.6 Å². The lowest BCUT2D eigenvalue weighted by Crippen LogP contribution is -2.42. The van der Waals surface area contributed by atoms with E-state index < -0.39 is 33.7 Å². The lowest BCUT2D eigenvalue weighted by Gasteiger charge is -2.32. The molecule has 1 unspecified atom stereocenters. The molecule has 0 aliphatic heterocycles. The van der Waals surface area contributed by atoms with Crippen molar-refractivity contribution in [3.8, 4) is 6.07 Å². The van der Waals surface area contributed by atoms with Gasteiger partial charge in [-0.3, -0.25) is 4.98 Å². The van der Waals surface area contributed by atoms with Gasteiger partial charge in [0, 0.05) is 18.9 Å². The topological polar surface area (TPSA) is 74.1 Å². The summed E-state index contributed by atoms with van der Waals surface area (Å²) in [6, 6.07) is 6.16. The molecule has 0 aliphatic carbocycles. The quantitative estimate of drug-likeness (QED) is 0.791. The van der Waals surface area contributed by atoms with Crippen LogP contribution in [0.4, 0.5) is 13.2 Å². The van der Waals surface area contributed by atoms with E-state index in [1.807, 2.05) is 0 Å². The van der Waals surface area contributed by atoms with Gasteiger partial charge in [0.2, 0.25) is 10.0 Å². The molecule has 1 aromatic carbocycles. The lowest BCUT2D eigenvalue weighted by molar-refractivity contribution is -0.173. The lowest BCUT2D eigenvalue weighted by atomic mass is 10.0. The number of benzene rings is 1. The second-order valence-corrected chi connectivity index (χ2v) is 7.42.